The van der Waals surface area contributed by atoms with E-state index in [1.807, 2.05) is 6.92 Å². The molecule has 0 saturated heterocycles. The Hall–Kier alpha value is -2.05. The number of alkyl halides is 3. The second-order valence-corrected chi connectivity index (χ2v) is 3.96. The van der Waals surface area contributed by atoms with E-state index in [4.69, 9.17) is 5.73 Å². The minimum Gasteiger partial charge on any atom is -0.383 e. The Morgan fingerprint density at radius 1 is 1.32 bits per heavy atom. The number of aromatic nitrogens is 2. The van der Waals surface area contributed by atoms with Gasteiger partial charge in [0.25, 0.3) is 0 Å². The number of nitrogens with zero attached hydrogens (tertiary/aromatic N) is 2. The van der Waals surface area contributed by atoms with Crippen LogP contribution in [0.5, 0.6) is 0 Å². The van der Waals surface area contributed by atoms with Gasteiger partial charge >= 0.3 is 6.18 Å². The molecule has 0 aliphatic rings. The van der Waals surface area contributed by atoms with Crippen molar-refractivity contribution in [2.45, 2.75) is 19.6 Å². The van der Waals surface area contributed by atoms with Gasteiger partial charge in [-0.15, -0.1) is 0 Å². The monoisotopic (exact) mass is 273 g/mol. The summed E-state index contributed by atoms with van der Waals surface area (Å²) in [5, 5.41) is 0. The van der Waals surface area contributed by atoms with Crippen LogP contribution in [-0.2, 0) is 12.7 Å². The second kappa shape index (κ2) is 4.56. The van der Waals surface area contributed by atoms with E-state index < -0.39 is 17.6 Å². The summed E-state index contributed by atoms with van der Waals surface area (Å²) in [6, 6.07) is 2.71. The zero-order chi connectivity index (χ0) is 14.2. The van der Waals surface area contributed by atoms with Crippen LogP contribution < -0.4 is 5.73 Å². The lowest BCUT2D eigenvalue weighted by Gasteiger charge is -2.09. The molecule has 0 bridgehead atoms. The minimum atomic E-state index is -4.75. The molecule has 0 saturated carbocycles. The van der Waals surface area contributed by atoms with Gasteiger partial charge in [-0.05, 0) is 25.1 Å². The molecule has 0 spiro atoms. The highest BCUT2D eigenvalue weighted by atomic mass is 19.4. The van der Waals surface area contributed by atoms with Gasteiger partial charge < -0.3 is 10.3 Å². The van der Waals surface area contributed by atoms with Crippen LogP contribution in [-0.4, -0.2) is 9.55 Å². The number of imidazole rings is 1. The molecule has 2 N–H and O–H groups in total. The number of hydrogen-bond donors (Lipinski definition) is 1. The highest BCUT2D eigenvalue weighted by molar-refractivity contribution is 5.71. The van der Waals surface area contributed by atoms with Crippen molar-refractivity contribution in [3.05, 3.63) is 35.9 Å². The van der Waals surface area contributed by atoms with Crippen molar-refractivity contribution < 1.29 is 17.6 Å². The standard InChI is InChI=1S/C12H11F4N3/c1-2-19-6-18-10(11(19)17)7-3-4-9(13)8(5-7)12(14,15)16/h3-6H,2,17H2,1H3. The number of rotatable bonds is 2. The van der Waals surface area contributed by atoms with Crippen LogP contribution in [0.1, 0.15) is 12.5 Å². The molecule has 0 radical (unpaired) electrons. The summed E-state index contributed by atoms with van der Waals surface area (Å²) in [7, 11) is 0. The second-order valence-electron chi connectivity index (χ2n) is 3.96. The average molecular weight is 273 g/mol. The topological polar surface area (TPSA) is 43.8 Å². The lowest BCUT2D eigenvalue weighted by Crippen LogP contribution is -2.08. The first-order valence-electron chi connectivity index (χ1n) is 5.52. The van der Waals surface area contributed by atoms with E-state index in [-0.39, 0.29) is 17.1 Å². The van der Waals surface area contributed by atoms with Crippen molar-refractivity contribution in [2.75, 3.05) is 5.73 Å². The fraction of sp³-hybridized carbons (Fsp3) is 0.250. The Morgan fingerprint density at radius 2 is 2.00 bits per heavy atom. The average Bonchev–Trinajstić information content (AvgIpc) is 2.70. The first kappa shape index (κ1) is 13.4. The van der Waals surface area contributed by atoms with Gasteiger partial charge in [-0.3, -0.25) is 0 Å². The number of benzene rings is 1. The summed E-state index contributed by atoms with van der Waals surface area (Å²) in [6.07, 6.45) is -3.32. The smallest absolute Gasteiger partial charge is 0.383 e. The molecule has 0 fully saturated rings. The molecular formula is C12H11F4N3. The summed E-state index contributed by atoms with van der Waals surface area (Å²) in [5.74, 6) is -1.06. The Morgan fingerprint density at radius 3 is 2.53 bits per heavy atom. The van der Waals surface area contributed by atoms with Gasteiger partial charge in [-0.1, -0.05) is 0 Å². The van der Waals surface area contributed by atoms with Gasteiger partial charge in [0.1, 0.15) is 17.3 Å². The highest BCUT2D eigenvalue weighted by Gasteiger charge is 2.34. The zero-order valence-corrected chi connectivity index (χ0v) is 10.0. The summed E-state index contributed by atoms with van der Waals surface area (Å²) in [5.41, 5.74) is 4.80. The van der Waals surface area contributed by atoms with Gasteiger partial charge in [0.05, 0.1) is 11.9 Å². The van der Waals surface area contributed by atoms with Crippen LogP contribution in [0.15, 0.2) is 24.5 Å². The molecule has 2 aromatic rings. The van der Waals surface area contributed by atoms with E-state index in [0.29, 0.717) is 12.6 Å². The lowest BCUT2D eigenvalue weighted by molar-refractivity contribution is -0.139. The molecule has 3 nitrogen and oxygen atoms in total. The minimum absolute atomic E-state index is 0.137. The maximum atomic E-state index is 13.2. The van der Waals surface area contributed by atoms with Crippen molar-refractivity contribution in [3.8, 4) is 11.3 Å². The largest absolute Gasteiger partial charge is 0.419 e. The number of hydrogen-bond acceptors (Lipinski definition) is 2. The Labute approximate surface area is 106 Å². The van der Waals surface area contributed by atoms with Gasteiger partial charge in [-0.25, -0.2) is 9.37 Å². The summed E-state index contributed by atoms with van der Waals surface area (Å²) < 4.78 is 52.6. The first-order valence-corrected chi connectivity index (χ1v) is 5.52. The van der Waals surface area contributed by atoms with E-state index in [9.17, 15) is 17.6 Å². The fourth-order valence-electron chi connectivity index (χ4n) is 1.76. The Bertz CT molecular complexity index is 602. The molecule has 2 rings (SSSR count). The van der Waals surface area contributed by atoms with E-state index in [1.54, 1.807) is 4.57 Å². The normalized spacial score (nSPS) is 11.8. The predicted molar refractivity (Wildman–Crippen MR) is 62.7 cm³/mol. The molecule has 1 aromatic heterocycles. The number of nitrogen functional groups attached to an aromatic ring is 1. The summed E-state index contributed by atoms with van der Waals surface area (Å²) >= 11 is 0. The van der Waals surface area contributed by atoms with Crippen molar-refractivity contribution in [1.82, 2.24) is 9.55 Å². The van der Waals surface area contributed by atoms with E-state index in [0.717, 1.165) is 6.07 Å². The quantitative estimate of drug-likeness (QED) is 0.853. The molecule has 0 amide bonds. The highest BCUT2D eigenvalue weighted by Crippen LogP contribution is 2.35. The molecule has 102 valence electrons. The van der Waals surface area contributed by atoms with Gasteiger partial charge in [-0.2, -0.15) is 13.2 Å². The third-order valence-corrected chi connectivity index (χ3v) is 2.76. The third-order valence-electron chi connectivity index (χ3n) is 2.76. The molecule has 0 aliphatic carbocycles. The number of anilines is 1. The molecule has 7 heteroatoms. The van der Waals surface area contributed by atoms with Crippen LogP contribution in [0.2, 0.25) is 0 Å². The molecule has 1 aromatic carbocycles. The molecular weight excluding hydrogens is 262 g/mol. The number of aryl methyl sites for hydroxylation is 1. The SMILES string of the molecule is CCn1cnc(-c2ccc(F)c(C(F)(F)F)c2)c1N. The summed E-state index contributed by atoms with van der Waals surface area (Å²) in [4.78, 5) is 3.96. The fourth-order valence-corrected chi connectivity index (χ4v) is 1.76. The van der Waals surface area contributed by atoms with Crippen LogP contribution >= 0.6 is 0 Å². The van der Waals surface area contributed by atoms with Crippen molar-refractivity contribution in [1.29, 1.82) is 0 Å². The van der Waals surface area contributed by atoms with E-state index >= 15 is 0 Å². The van der Waals surface area contributed by atoms with Crippen molar-refractivity contribution in [2.24, 2.45) is 0 Å². The Kier molecular flexibility index (Phi) is 3.21. The summed E-state index contributed by atoms with van der Waals surface area (Å²) in [6.45, 7) is 2.37. The number of halogens is 4. The zero-order valence-electron chi connectivity index (χ0n) is 10.0. The third kappa shape index (κ3) is 2.40. The van der Waals surface area contributed by atoms with Crippen molar-refractivity contribution in [3.63, 3.8) is 0 Å². The van der Waals surface area contributed by atoms with Gasteiger partial charge in [0.15, 0.2) is 0 Å². The number of nitrogens with two attached hydrogens (primary N) is 1. The van der Waals surface area contributed by atoms with Crippen LogP contribution in [0, 0.1) is 5.82 Å². The molecule has 1 heterocycles. The molecule has 0 atom stereocenters. The lowest BCUT2D eigenvalue weighted by atomic mass is 10.1. The van der Waals surface area contributed by atoms with Gasteiger partial charge in [0, 0.05) is 12.1 Å². The van der Waals surface area contributed by atoms with Gasteiger partial charge in [0.2, 0.25) is 0 Å². The van der Waals surface area contributed by atoms with Crippen LogP contribution in [0.4, 0.5) is 23.4 Å². The van der Waals surface area contributed by atoms with Crippen LogP contribution in [0.3, 0.4) is 0 Å². The van der Waals surface area contributed by atoms with Crippen molar-refractivity contribution >= 4 is 5.82 Å². The van der Waals surface area contributed by atoms with E-state index in [2.05, 4.69) is 4.98 Å². The van der Waals surface area contributed by atoms with Crippen LogP contribution in [0.25, 0.3) is 11.3 Å². The predicted octanol–water partition coefficient (Wildman–Crippen LogP) is 3.31. The first-order chi connectivity index (χ1) is 8.84. The molecule has 0 unspecified atom stereocenters. The van der Waals surface area contributed by atoms with E-state index in [1.165, 1.54) is 12.4 Å². The molecule has 0 aliphatic heterocycles. The maximum absolute atomic E-state index is 13.2. The maximum Gasteiger partial charge on any atom is 0.419 e. The Balaban J connectivity index is 2.55. The molecule has 19 heavy (non-hydrogen) atoms.